The molecule has 5 heteroatoms. The van der Waals surface area contributed by atoms with Crippen LogP contribution in [0.2, 0.25) is 0 Å². The predicted molar refractivity (Wildman–Crippen MR) is 37.2 cm³/mol. The molecular formula is C5H9N2O2S-. The monoisotopic (exact) mass is 161 g/mol. The van der Waals surface area contributed by atoms with Crippen LogP contribution < -0.4 is 0 Å². The van der Waals surface area contributed by atoms with E-state index in [0.29, 0.717) is 0 Å². The molecule has 0 aliphatic rings. The normalized spacial score (nSPS) is 16.0. The Balaban J connectivity index is 4.26. The minimum atomic E-state index is -2.19. The fourth-order valence-corrected chi connectivity index (χ4v) is 1.11. The fourth-order valence-electron chi connectivity index (χ4n) is 0.510. The molecule has 58 valence electrons. The Morgan fingerprint density at radius 3 is 2.30 bits per heavy atom. The van der Waals surface area contributed by atoms with Gasteiger partial charge in [0.15, 0.2) is 0 Å². The summed E-state index contributed by atoms with van der Waals surface area (Å²) in [5, 5.41) is -0.690. The lowest BCUT2D eigenvalue weighted by molar-refractivity contribution is 0.000378. The molecule has 0 fully saturated rings. The summed E-state index contributed by atoms with van der Waals surface area (Å²) in [4.78, 5) is 2.66. The molecule has 0 aromatic heterocycles. The van der Waals surface area contributed by atoms with Crippen molar-refractivity contribution in [2.45, 2.75) is 19.1 Å². The maximum absolute atomic E-state index is 10.3. The van der Waals surface area contributed by atoms with E-state index in [4.69, 9.17) is 5.53 Å². The largest absolute Gasteiger partial charge is 0.772 e. The molecule has 0 aliphatic carbocycles. The lowest BCUT2D eigenvalue weighted by Gasteiger charge is -2.14. The zero-order chi connectivity index (χ0) is 8.15. The first-order valence-corrected chi connectivity index (χ1v) is 3.99. The molecule has 0 saturated carbocycles. The van der Waals surface area contributed by atoms with Gasteiger partial charge in [0.25, 0.3) is 6.21 Å². The Labute approximate surface area is 62.2 Å². The second-order valence-corrected chi connectivity index (χ2v) is 3.30. The third-order valence-corrected chi connectivity index (χ3v) is 2.20. The van der Waals surface area contributed by atoms with Gasteiger partial charge < -0.3 is 10.1 Å². The molecule has 2 unspecified atom stereocenters. The lowest BCUT2D eigenvalue weighted by atomic mass is 10.1. The summed E-state index contributed by atoms with van der Waals surface area (Å²) in [6.07, 6.45) is 1.01. The second kappa shape index (κ2) is 4.33. The Morgan fingerprint density at radius 2 is 2.20 bits per heavy atom. The highest BCUT2D eigenvalue weighted by Gasteiger charge is 2.14. The molecule has 0 heterocycles. The Bertz CT molecular complexity index is 172. The van der Waals surface area contributed by atoms with Crippen molar-refractivity contribution in [2.75, 3.05) is 0 Å². The highest BCUT2D eigenvalue weighted by Crippen LogP contribution is 2.03. The third-order valence-electron chi connectivity index (χ3n) is 1.09. The van der Waals surface area contributed by atoms with Gasteiger partial charge in [-0.15, -0.1) is 0 Å². The van der Waals surface area contributed by atoms with Crippen LogP contribution in [-0.4, -0.2) is 25.0 Å². The molecule has 0 spiro atoms. The summed E-state index contributed by atoms with van der Waals surface area (Å²) < 4.78 is 20.7. The first-order valence-electron chi connectivity index (χ1n) is 2.85. The van der Waals surface area contributed by atoms with Crippen molar-refractivity contribution < 1.29 is 13.6 Å². The van der Waals surface area contributed by atoms with E-state index >= 15 is 0 Å². The molecule has 0 bridgehead atoms. The van der Waals surface area contributed by atoms with Crippen LogP contribution in [-0.2, 0) is 11.1 Å². The smallest absolute Gasteiger partial charge is 0.271 e. The van der Waals surface area contributed by atoms with Crippen LogP contribution in [0.1, 0.15) is 13.8 Å². The van der Waals surface area contributed by atoms with Crippen LogP contribution >= 0.6 is 0 Å². The minimum absolute atomic E-state index is 0.0609. The molecule has 0 amide bonds. The molecule has 10 heavy (non-hydrogen) atoms. The predicted octanol–water partition coefficient (Wildman–Crippen LogP) is 0.191. The van der Waals surface area contributed by atoms with Gasteiger partial charge in [-0.1, -0.05) is 13.8 Å². The molecule has 0 saturated heterocycles. The van der Waals surface area contributed by atoms with Crippen molar-refractivity contribution in [1.82, 2.24) is 0 Å². The number of hydrogen-bond donors (Lipinski definition) is 0. The summed E-state index contributed by atoms with van der Waals surface area (Å²) in [7, 11) is 0. The Hall–Kier alpha value is -0.510. The van der Waals surface area contributed by atoms with Crippen LogP contribution in [0.4, 0.5) is 0 Å². The Kier molecular flexibility index (Phi) is 4.11. The van der Waals surface area contributed by atoms with E-state index < -0.39 is 16.3 Å². The van der Waals surface area contributed by atoms with Crippen molar-refractivity contribution in [3.05, 3.63) is 5.53 Å². The van der Waals surface area contributed by atoms with Crippen molar-refractivity contribution in [2.24, 2.45) is 5.92 Å². The quantitative estimate of drug-likeness (QED) is 0.256. The lowest BCUT2D eigenvalue weighted by Crippen LogP contribution is -2.23. The molecular weight excluding hydrogens is 152 g/mol. The maximum atomic E-state index is 10.3. The molecule has 0 N–H and O–H groups in total. The molecule has 0 aliphatic heterocycles. The third kappa shape index (κ3) is 2.87. The average Bonchev–Trinajstić information content (AvgIpc) is 1.81. The van der Waals surface area contributed by atoms with Gasteiger partial charge >= 0.3 is 0 Å². The van der Waals surface area contributed by atoms with Gasteiger partial charge in [0.2, 0.25) is 0 Å². The van der Waals surface area contributed by atoms with Gasteiger partial charge in [-0.25, -0.2) is 0 Å². The van der Waals surface area contributed by atoms with E-state index in [0.717, 1.165) is 6.21 Å². The van der Waals surface area contributed by atoms with Gasteiger partial charge in [-0.05, 0) is 17.0 Å². The summed E-state index contributed by atoms with van der Waals surface area (Å²) in [5.74, 6) is -0.0609. The molecule has 0 aromatic carbocycles. The van der Waals surface area contributed by atoms with E-state index in [1.807, 2.05) is 0 Å². The van der Waals surface area contributed by atoms with E-state index in [-0.39, 0.29) is 5.92 Å². The first-order chi connectivity index (χ1) is 4.59. The zero-order valence-electron chi connectivity index (χ0n) is 5.85. The topological polar surface area (TPSA) is 76.5 Å². The van der Waals surface area contributed by atoms with Crippen LogP contribution in [0.25, 0.3) is 5.53 Å². The molecule has 4 nitrogen and oxygen atoms in total. The summed E-state index contributed by atoms with van der Waals surface area (Å²) >= 11 is -2.19. The fraction of sp³-hybridized carbons (Fsp3) is 0.800. The number of hydrogen-bond acceptors (Lipinski definition) is 2. The molecule has 2 atom stereocenters. The van der Waals surface area contributed by atoms with E-state index in [9.17, 15) is 8.76 Å². The van der Waals surface area contributed by atoms with Crippen LogP contribution in [0, 0.1) is 5.92 Å². The van der Waals surface area contributed by atoms with Crippen molar-refractivity contribution in [3.63, 3.8) is 0 Å². The van der Waals surface area contributed by atoms with E-state index in [1.165, 1.54) is 0 Å². The SMILES string of the molecule is CC(C)C(C=[N+]=[N-])S(=O)[O-]. The number of nitrogens with zero attached hydrogens (tertiary/aromatic N) is 2. The summed E-state index contributed by atoms with van der Waals surface area (Å²) in [6.45, 7) is 3.48. The van der Waals surface area contributed by atoms with Crippen molar-refractivity contribution in [3.8, 4) is 0 Å². The summed E-state index contributed by atoms with van der Waals surface area (Å²) in [6, 6.07) is 0. The van der Waals surface area contributed by atoms with Gasteiger partial charge in [-0.3, -0.25) is 4.21 Å². The number of rotatable bonds is 3. The van der Waals surface area contributed by atoms with E-state index in [1.54, 1.807) is 13.8 Å². The molecule has 0 radical (unpaired) electrons. The minimum Gasteiger partial charge on any atom is -0.772 e. The van der Waals surface area contributed by atoms with E-state index in [2.05, 4.69) is 4.79 Å². The second-order valence-electron chi connectivity index (χ2n) is 2.23. The standard InChI is InChI=1S/C5H10N2O2S/c1-4(2)5(3-7-6)10(8)9/h3-5H,1-2H3,(H,8,9)/p-1. The van der Waals surface area contributed by atoms with Gasteiger partial charge in [0.05, 0.1) is 0 Å². The average molecular weight is 161 g/mol. The van der Waals surface area contributed by atoms with Crippen LogP contribution in [0.15, 0.2) is 0 Å². The van der Waals surface area contributed by atoms with Crippen molar-refractivity contribution in [1.29, 1.82) is 0 Å². The van der Waals surface area contributed by atoms with Crippen molar-refractivity contribution >= 4 is 17.3 Å². The van der Waals surface area contributed by atoms with Crippen LogP contribution in [0.3, 0.4) is 0 Å². The van der Waals surface area contributed by atoms with Gasteiger partial charge in [0.1, 0.15) is 5.25 Å². The molecule has 0 rings (SSSR count). The highest BCUT2D eigenvalue weighted by molar-refractivity contribution is 7.80. The highest BCUT2D eigenvalue weighted by atomic mass is 32.2. The maximum Gasteiger partial charge on any atom is 0.271 e. The molecule has 0 aromatic rings. The first kappa shape index (κ1) is 9.49. The van der Waals surface area contributed by atoms with Crippen LogP contribution in [0.5, 0.6) is 0 Å². The summed E-state index contributed by atoms with van der Waals surface area (Å²) in [5.41, 5.74) is 8.03. The van der Waals surface area contributed by atoms with Gasteiger partial charge in [0, 0.05) is 0 Å². The van der Waals surface area contributed by atoms with Gasteiger partial charge in [-0.2, -0.15) is 4.79 Å². The zero-order valence-corrected chi connectivity index (χ0v) is 6.67. The Morgan fingerprint density at radius 1 is 1.70 bits per heavy atom.